The molecule has 1 amide bonds. The highest BCUT2D eigenvalue weighted by atomic mass is 79.9. The summed E-state index contributed by atoms with van der Waals surface area (Å²) in [4.78, 5) is 29.4. The van der Waals surface area contributed by atoms with Crippen molar-refractivity contribution in [2.75, 3.05) is 20.2 Å². The van der Waals surface area contributed by atoms with Gasteiger partial charge in [0.25, 0.3) is 5.91 Å². The lowest BCUT2D eigenvalue weighted by Gasteiger charge is -2.21. The van der Waals surface area contributed by atoms with Gasteiger partial charge in [-0.3, -0.25) is 9.59 Å². The molecule has 7 nitrogen and oxygen atoms in total. The van der Waals surface area contributed by atoms with E-state index in [9.17, 15) is 9.59 Å². The van der Waals surface area contributed by atoms with Gasteiger partial charge in [-0.25, -0.2) is 4.98 Å². The molecule has 0 aliphatic carbocycles. The number of imidazole rings is 1. The molecule has 0 spiro atoms. The number of rotatable bonds is 8. The van der Waals surface area contributed by atoms with Crippen LogP contribution in [0.5, 0.6) is 0 Å². The van der Waals surface area contributed by atoms with Crippen LogP contribution < -0.4 is 0 Å². The summed E-state index contributed by atoms with van der Waals surface area (Å²) in [5.41, 5.74) is 0. The molecule has 124 valence electrons. The summed E-state index contributed by atoms with van der Waals surface area (Å²) in [6.07, 6.45) is 6.19. The van der Waals surface area contributed by atoms with E-state index in [0.717, 1.165) is 13.0 Å². The van der Waals surface area contributed by atoms with Crippen LogP contribution in [-0.2, 0) is 16.1 Å². The maximum absolute atomic E-state index is 12.5. The van der Waals surface area contributed by atoms with Crippen molar-refractivity contribution in [1.82, 2.24) is 14.5 Å². The van der Waals surface area contributed by atoms with Gasteiger partial charge >= 0.3 is 5.97 Å². The third-order valence-electron chi connectivity index (χ3n) is 3.29. The van der Waals surface area contributed by atoms with Crippen molar-refractivity contribution >= 4 is 27.8 Å². The van der Waals surface area contributed by atoms with Crippen molar-refractivity contribution in [3.8, 4) is 0 Å². The molecule has 8 heteroatoms. The summed E-state index contributed by atoms with van der Waals surface area (Å²) in [5, 5.41) is 0. The van der Waals surface area contributed by atoms with Crippen LogP contribution >= 0.6 is 15.9 Å². The third-order valence-corrected chi connectivity index (χ3v) is 3.71. The van der Waals surface area contributed by atoms with Crippen LogP contribution in [0.15, 0.2) is 39.9 Å². The molecule has 0 aliphatic heterocycles. The fraction of sp³-hybridized carbons (Fsp3) is 0.400. The molecule has 0 saturated carbocycles. The van der Waals surface area contributed by atoms with Crippen LogP contribution in [0.1, 0.15) is 23.4 Å². The summed E-state index contributed by atoms with van der Waals surface area (Å²) in [6.45, 7) is 1.53. The highest BCUT2D eigenvalue weighted by molar-refractivity contribution is 9.10. The molecule has 0 aliphatic rings. The Morgan fingerprint density at radius 3 is 2.83 bits per heavy atom. The van der Waals surface area contributed by atoms with Crippen LogP contribution in [0.25, 0.3) is 0 Å². The largest absolute Gasteiger partial charge is 0.469 e. The second kappa shape index (κ2) is 8.52. The minimum Gasteiger partial charge on any atom is -0.469 e. The molecule has 0 fully saturated rings. The monoisotopic (exact) mass is 383 g/mol. The zero-order chi connectivity index (χ0) is 16.7. The number of nitrogens with zero attached hydrogens (tertiary/aromatic N) is 3. The predicted octanol–water partition coefficient (Wildman–Crippen LogP) is 2.33. The van der Waals surface area contributed by atoms with Gasteiger partial charge in [0.15, 0.2) is 10.4 Å². The number of carbonyl (C=O) groups excluding carboxylic acids is 2. The minimum atomic E-state index is -0.349. The Morgan fingerprint density at radius 1 is 1.39 bits per heavy atom. The standard InChI is InChI=1S/C15H18BrN3O4/c1-22-14(20)5-9-19(8-2-7-18-10-6-17-11-18)15(21)12-3-4-13(16)23-12/h3-4,6,10-11H,2,5,7-9H2,1H3. The fourth-order valence-electron chi connectivity index (χ4n) is 2.09. The summed E-state index contributed by atoms with van der Waals surface area (Å²) < 4.78 is 12.4. The SMILES string of the molecule is COC(=O)CCN(CCCn1ccnc1)C(=O)c1ccc(Br)o1. The molecule has 2 aromatic heterocycles. The number of hydrogen-bond donors (Lipinski definition) is 0. The molecule has 0 N–H and O–H groups in total. The van der Waals surface area contributed by atoms with Crippen molar-refractivity contribution < 1.29 is 18.7 Å². The van der Waals surface area contributed by atoms with E-state index < -0.39 is 0 Å². The molecule has 0 saturated heterocycles. The Kier molecular flexibility index (Phi) is 6.40. The molecule has 2 aromatic rings. The molecule has 0 aromatic carbocycles. The number of halogens is 1. The van der Waals surface area contributed by atoms with Gasteiger partial charge in [0.1, 0.15) is 0 Å². The number of ether oxygens (including phenoxy) is 1. The molecule has 2 rings (SSSR count). The van der Waals surface area contributed by atoms with E-state index in [4.69, 9.17) is 4.42 Å². The molecular formula is C15H18BrN3O4. The average molecular weight is 384 g/mol. The minimum absolute atomic E-state index is 0.148. The number of carbonyl (C=O) groups is 2. The van der Waals surface area contributed by atoms with E-state index in [1.807, 2.05) is 10.8 Å². The Balaban J connectivity index is 1.95. The molecule has 0 atom stereocenters. The highest BCUT2D eigenvalue weighted by Gasteiger charge is 2.20. The van der Waals surface area contributed by atoms with Crippen molar-refractivity contribution in [1.29, 1.82) is 0 Å². The normalized spacial score (nSPS) is 10.5. The van der Waals surface area contributed by atoms with Crippen LogP contribution in [0.4, 0.5) is 0 Å². The topological polar surface area (TPSA) is 77.6 Å². The number of aryl methyl sites for hydroxylation is 1. The average Bonchev–Trinajstić information content (AvgIpc) is 3.21. The van der Waals surface area contributed by atoms with Crippen LogP contribution in [0.3, 0.4) is 0 Å². The summed E-state index contributed by atoms with van der Waals surface area (Å²) in [7, 11) is 1.33. The molecule has 23 heavy (non-hydrogen) atoms. The first kappa shape index (κ1) is 17.3. The number of esters is 1. The van der Waals surface area contributed by atoms with Gasteiger partial charge in [0.05, 0.1) is 19.9 Å². The molecule has 0 radical (unpaired) electrons. The van der Waals surface area contributed by atoms with Gasteiger partial charge in [-0.1, -0.05) is 0 Å². The van der Waals surface area contributed by atoms with E-state index in [-0.39, 0.29) is 30.6 Å². The van der Waals surface area contributed by atoms with E-state index in [2.05, 4.69) is 25.7 Å². The Bertz CT molecular complexity index is 639. The molecule has 2 heterocycles. The van der Waals surface area contributed by atoms with Crippen molar-refractivity contribution in [2.45, 2.75) is 19.4 Å². The van der Waals surface area contributed by atoms with Gasteiger partial charge in [-0.05, 0) is 34.5 Å². The smallest absolute Gasteiger partial charge is 0.307 e. The first-order valence-electron chi connectivity index (χ1n) is 7.17. The van der Waals surface area contributed by atoms with E-state index in [1.54, 1.807) is 29.6 Å². The number of amides is 1. The Labute approximate surface area is 142 Å². The fourth-order valence-corrected chi connectivity index (χ4v) is 2.40. The third kappa shape index (κ3) is 5.24. The number of aromatic nitrogens is 2. The van der Waals surface area contributed by atoms with Gasteiger partial charge in [-0.15, -0.1) is 0 Å². The Morgan fingerprint density at radius 2 is 2.22 bits per heavy atom. The summed E-state index contributed by atoms with van der Waals surface area (Å²) in [6, 6.07) is 3.27. The first-order chi connectivity index (χ1) is 11.1. The zero-order valence-electron chi connectivity index (χ0n) is 12.8. The molecule has 0 bridgehead atoms. The van der Waals surface area contributed by atoms with Gasteiger partial charge < -0.3 is 18.6 Å². The van der Waals surface area contributed by atoms with Crippen molar-refractivity contribution in [3.05, 3.63) is 41.3 Å². The highest BCUT2D eigenvalue weighted by Crippen LogP contribution is 2.16. The zero-order valence-corrected chi connectivity index (χ0v) is 14.4. The summed E-state index contributed by atoms with van der Waals surface area (Å²) >= 11 is 3.18. The maximum atomic E-state index is 12.5. The van der Waals surface area contributed by atoms with Crippen molar-refractivity contribution in [2.24, 2.45) is 0 Å². The lowest BCUT2D eigenvalue weighted by atomic mass is 10.3. The first-order valence-corrected chi connectivity index (χ1v) is 7.96. The number of furan rings is 1. The van der Waals surface area contributed by atoms with E-state index in [0.29, 0.717) is 11.2 Å². The van der Waals surface area contributed by atoms with Crippen LogP contribution in [-0.4, -0.2) is 46.5 Å². The van der Waals surface area contributed by atoms with Gasteiger partial charge in [-0.2, -0.15) is 0 Å². The van der Waals surface area contributed by atoms with Crippen molar-refractivity contribution in [3.63, 3.8) is 0 Å². The quantitative estimate of drug-likeness (QED) is 0.653. The number of hydrogen-bond acceptors (Lipinski definition) is 5. The second-order valence-corrected chi connectivity index (χ2v) is 5.66. The Hall–Kier alpha value is -2.09. The van der Waals surface area contributed by atoms with E-state index >= 15 is 0 Å². The predicted molar refractivity (Wildman–Crippen MR) is 85.8 cm³/mol. The molecular weight excluding hydrogens is 366 g/mol. The molecule has 0 unspecified atom stereocenters. The lowest BCUT2D eigenvalue weighted by molar-refractivity contribution is -0.140. The van der Waals surface area contributed by atoms with Gasteiger partial charge in [0, 0.05) is 32.0 Å². The van der Waals surface area contributed by atoms with E-state index in [1.165, 1.54) is 7.11 Å². The maximum Gasteiger partial charge on any atom is 0.307 e. The van der Waals surface area contributed by atoms with Crippen LogP contribution in [0, 0.1) is 0 Å². The lowest BCUT2D eigenvalue weighted by Crippen LogP contribution is -2.34. The second-order valence-electron chi connectivity index (χ2n) is 4.88. The number of methoxy groups -OCH3 is 1. The summed E-state index contributed by atoms with van der Waals surface area (Å²) in [5.74, 6) is -0.354. The van der Waals surface area contributed by atoms with Crippen LogP contribution in [0.2, 0.25) is 0 Å². The van der Waals surface area contributed by atoms with Gasteiger partial charge in [0.2, 0.25) is 0 Å².